The Morgan fingerprint density at radius 1 is 1.08 bits per heavy atom. The van der Waals surface area contributed by atoms with Crippen LogP contribution < -0.4 is 5.56 Å². The average molecular weight is 343 g/mol. The molecule has 5 nitrogen and oxygen atoms in total. The van der Waals surface area contributed by atoms with Crippen LogP contribution in [0.3, 0.4) is 0 Å². The Hall–Kier alpha value is -2.47. The monoisotopic (exact) mass is 343 g/mol. The molecule has 0 saturated carbocycles. The maximum atomic E-state index is 13.2. The van der Waals surface area contributed by atoms with Crippen molar-refractivity contribution in [3.8, 4) is 0 Å². The maximum absolute atomic E-state index is 13.2. The van der Waals surface area contributed by atoms with Crippen molar-refractivity contribution in [1.29, 1.82) is 0 Å². The van der Waals surface area contributed by atoms with Crippen LogP contribution in [0.1, 0.15) is 11.1 Å². The fraction of sp³-hybridized carbons (Fsp3) is 0.368. The zero-order valence-electron chi connectivity index (χ0n) is 14.3. The molecule has 1 aromatic carbocycles. The Bertz CT molecular complexity index is 810. The smallest absolute Gasteiger partial charge is 0.250 e. The summed E-state index contributed by atoms with van der Waals surface area (Å²) >= 11 is 0. The highest BCUT2D eigenvalue weighted by molar-refractivity contribution is 5.78. The third-order valence-corrected chi connectivity index (χ3v) is 4.54. The molecule has 6 heteroatoms. The van der Waals surface area contributed by atoms with Crippen LogP contribution in [0, 0.1) is 5.82 Å². The first-order valence-corrected chi connectivity index (χ1v) is 8.41. The van der Waals surface area contributed by atoms with Gasteiger partial charge >= 0.3 is 0 Å². The van der Waals surface area contributed by atoms with E-state index in [1.165, 1.54) is 12.1 Å². The van der Waals surface area contributed by atoms with Gasteiger partial charge in [-0.1, -0.05) is 12.1 Å². The Morgan fingerprint density at radius 2 is 1.84 bits per heavy atom. The van der Waals surface area contributed by atoms with Crippen molar-refractivity contribution in [1.82, 2.24) is 14.4 Å². The van der Waals surface area contributed by atoms with Gasteiger partial charge in [0.1, 0.15) is 5.82 Å². The molecule has 0 spiro atoms. The van der Waals surface area contributed by atoms with E-state index >= 15 is 0 Å². The molecule has 1 amide bonds. The minimum Gasteiger partial charge on any atom is -0.340 e. The molecule has 1 aliphatic heterocycles. The lowest BCUT2D eigenvalue weighted by Gasteiger charge is -2.34. The summed E-state index contributed by atoms with van der Waals surface area (Å²) in [7, 11) is 1.73. The van der Waals surface area contributed by atoms with Gasteiger partial charge in [-0.3, -0.25) is 14.5 Å². The number of aryl methyl sites for hydroxylation is 1. The third-order valence-electron chi connectivity index (χ3n) is 4.54. The maximum Gasteiger partial charge on any atom is 0.250 e. The summed E-state index contributed by atoms with van der Waals surface area (Å²) in [5.74, 6) is -0.289. The van der Waals surface area contributed by atoms with Gasteiger partial charge in [-0.25, -0.2) is 4.39 Å². The predicted molar refractivity (Wildman–Crippen MR) is 93.6 cm³/mol. The van der Waals surface area contributed by atoms with E-state index in [2.05, 4.69) is 4.90 Å². The first-order chi connectivity index (χ1) is 12.0. The van der Waals surface area contributed by atoms with Crippen LogP contribution in [-0.4, -0.2) is 46.5 Å². The van der Waals surface area contributed by atoms with Gasteiger partial charge in [0.2, 0.25) is 5.91 Å². The fourth-order valence-corrected chi connectivity index (χ4v) is 3.03. The predicted octanol–water partition coefficient (Wildman–Crippen LogP) is 1.41. The quantitative estimate of drug-likeness (QED) is 0.843. The number of piperazine rings is 1. The molecule has 25 heavy (non-hydrogen) atoms. The van der Waals surface area contributed by atoms with Crippen LogP contribution in [-0.2, 0) is 24.8 Å². The first kappa shape index (κ1) is 17.4. The number of pyridine rings is 1. The van der Waals surface area contributed by atoms with Gasteiger partial charge in [0, 0.05) is 52.0 Å². The molecular weight excluding hydrogens is 321 g/mol. The summed E-state index contributed by atoms with van der Waals surface area (Å²) in [6.45, 7) is 3.55. The first-order valence-electron chi connectivity index (χ1n) is 8.41. The lowest BCUT2D eigenvalue weighted by Crippen LogP contribution is -2.48. The molecule has 0 aliphatic carbocycles. The van der Waals surface area contributed by atoms with E-state index in [-0.39, 0.29) is 23.7 Å². The van der Waals surface area contributed by atoms with Gasteiger partial charge in [0.15, 0.2) is 0 Å². The van der Waals surface area contributed by atoms with E-state index in [0.29, 0.717) is 25.2 Å². The minimum atomic E-state index is -0.316. The molecule has 1 fully saturated rings. The molecule has 2 aromatic rings. The number of halogens is 1. The van der Waals surface area contributed by atoms with Crippen molar-refractivity contribution in [3.63, 3.8) is 0 Å². The molecule has 1 saturated heterocycles. The van der Waals surface area contributed by atoms with Crippen LogP contribution in [0.15, 0.2) is 47.4 Å². The third kappa shape index (κ3) is 4.54. The van der Waals surface area contributed by atoms with Crippen molar-refractivity contribution in [2.24, 2.45) is 7.05 Å². The van der Waals surface area contributed by atoms with Crippen LogP contribution >= 0.6 is 0 Å². The van der Waals surface area contributed by atoms with Crippen molar-refractivity contribution < 1.29 is 9.18 Å². The second-order valence-electron chi connectivity index (χ2n) is 6.45. The molecule has 0 radical (unpaired) electrons. The number of rotatable bonds is 4. The molecule has 2 heterocycles. The van der Waals surface area contributed by atoms with Crippen LogP contribution in [0.2, 0.25) is 0 Å². The second kappa shape index (κ2) is 7.61. The van der Waals surface area contributed by atoms with Crippen LogP contribution in [0.25, 0.3) is 0 Å². The Kier molecular flexibility index (Phi) is 5.28. The molecular formula is C19H22FN3O2. The summed E-state index contributed by atoms with van der Waals surface area (Å²) in [6, 6.07) is 9.78. The van der Waals surface area contributed by atoms with Crippen molar-refractivity contribution in [3.05, 3.63) is 69.9 Å². The molecule has 0 unspecified atom stereocenters. The Balaban J connectivity index is 1.51. The van der Waals surface area contributed by atoms with E-state index < -0.39 is 0 Å². The van der Waals surface area contributed by atoms with E-state index in [1.54, 1.807) is 36.0 Å². The molecule has 1 aromatic heterocycles. The van der Waals surface area contributed by atoms with Crippen LogP contribution in [0.4, 0.5) is 4.39 Å². The van der Waals surface area contributed by atoms with Gasteiger partial charge in [0.25, 0.3) is 5.56 Å². The van der Waals surface area contributed by atoms with Crippen molar-refractivity contribution in [2.45, 2.75) is 13.0 Å². The number of nitrogens with zero attached hydrogens (tertiary/aromatic N) is 3. The normalized spacial score (nSPS) is 15.4. The highest BCUT2D eigenvalue weighted by atomic mass is 19.1. The topological polar surface area (TPSA) is 45.5 Å². The number of benzene rings is 1. The number of aromatic nitrogens is 1. The fourth-order valence-electron chi connectivity index (χ4n) is 3.03. The summed E-state index contributed by atoms with van der Waals surface area (Å²) in [5, 5.41) is 0. The lowest BCUT2D eigenvalue weighted by molar-refractivity contribution is -0.132. The highest BCUT2D eigenvalue weighted by Gasteiger charge is 2.21. The summed E-state index contributed by atoms with van der Waals surface area (Å²) in [6.07, 6.45) is 2.00. The van der Waals surface area contributed by atoms with Gasteiger partial charge in [-0.15, -0.1) is 0 Å². The van der Waals surface area contributed by atoms with Gasteiger partial charge in [-0.05, 0) is 29.3 Å². The van der Waals surface area contributed by atoms with Gasteiger partial charge < -0.3 is 9.47 Å². The highest BCUT2D eigenvalue weighted by Crippen LogP contribution is 2.10. The van der Waals surface area contributed by atoms with Gasteiger partial charge in [-0.2, -0.15) is 0 Å². The molecule has 0 atom stereocenters. The SMILES string of the molecule is Cn1ccc(CN2CCN(C(=O)Cc3cccc(F)c3)CC2)cc1=O. The zero-order valence-corrected chi connectivity index (χ0v) is 14.3. The lowest BCUT2D eigenvalue weighted by atomic mass is 10.1. The van der Waals surface area contributed by atoms with Gasteiger partial charge in [0.05, 0.1) is 6.42 Å². The molecule has 0 N–H and O–H groups in total. The molecule has 3 rings (SSSR count). The number of carbonyl (C=O) groups excluding carboxylic acids is 1. The molecule has 1 aliphatic rings. The van der Waals surface area contributed by atoms with E-state index in [1.807, 2.05) is 11.0 Å². The van der Waals surface area contributed by atoms with Crippen LogP contribution in [0.5, 0.6) is 0 Å². The largest absolute Gasteiger partial charge is 0.340 e. The number of amides is 1. The minimum absolute atomic E-state index is 0.0126. The Morgan fingerprint density at radius 3 is 2.52 bits per heavy atom. The van der Waals surface area contributed by atoms with E-state index in [0.717, 1.165) is 18.7 Å². The number of hydrogen-bond acceptors (Lipinski definition) is 3. The average Bonchev–Trinajstić information content (AvgIpc) is 2.59. The van der Waals surface area contributed by atoms with Crippen molar-refractivity contribution in [2.75, 3.05) is 26.2 Å². The second-order valence-corrected chi connectivity index (χ2v) is 6.45. The number of carbonyl (C=O) groups is 1. The summed E-state index contributed by atoms with van der Waals surface area (Å²) in [5.41, 5.74) is 1.68. The number of hydrogen-bond donors (Lipinski definition) is 0. The van der Waals surface area contributed by atoms with E-state index in [9.17, 15) is 14.0 Å². The zero-order chi connectivity index (χ0) is 17.8. The standard InChI is InChI=1S/C19H22FN3O2/c1-21-6-5-16(13-18(21)24)14-22-7-9-23(10-8-22)19(25)12-15-3-2-4-17(20)11-15/h2-6,11,13H,7-10,12,14H2,1H3. The summed E-state index contributed by atoms with van der Waals surface area (Å²) < 4.78 is 14.8. The Labute approximate surface area is 146 Å². The van der Waals surface area contributed by atoms with E-state index in [4.69, 9.17) is 0 Å². The summed E-state index contributed by atoms with van der Waals surface area (Å²) in [4.78, 5) is 28.1. The molecule has 132 valence electrons. The van der Waals surface area contributed by atoms with Crippen molar-refractivity contribution >= 4 is 5.91 Å². The molecule has 0 bridgehead atoms.